The van der Waals surface area contributed by atoms with Crippen LogP contribution >= 0.6 is 0 Å². The van der Waals surface area contributed by atoms with E-state index in [1.165, 1.54) is 0 Å². The van der Waals surface area contributed by atoms with Gasteiger partial charge in [-0.1, -0.05) is 19.0 Å². The van der Waals surface area contributed by atoms with E-state index in [0.717, 1.165) is 6.42 Å². The molecule has 0 aliphatic rings. The highest BCUT2D eigenvalue weighted by atomic mass is 15.1. The summed E-state index contributed by atoms with van der Waals surface area (Å²) >= 11 is 0. The molecule has 1 atom stereocenters. The number of hydrogen-bond acceptors (Lipinski definition) is 1. The van der Waals surface area contributed by atoms with Crippen molar-refractivity contribution in [1.82, 2.24) is 0 Å². The summed E-state index contributed by atoms with van der Waals surface area (Å²) in [5.41, 5.74) is 7.83. The van der Waals surface area contributed by atoms with E-state index in [1.807, 2.05) is 13.8 Å². The lowest BCUT2D eigenvalue weighted by molar-refractivity contribution is 0.709. The molecule has 0 fully saturated rings. The molecule has 0 amide bonds. The summed E-state index contributed by atoms with van der Waals surface area (Å²) in [5, 5.41) is 3.42. The monoisotopic (exact) mass is 99.1 g/mol. The fourth-order valence-corrected chi connectivity index (χ4v) is 0.170. The van der Waals surface area contributed by atoms with Crippen molar-refractivity contribution >= 4 is 0 Å². The highest BCUT2D eigenvalue weighted by Crippen LogP contribution is 1.92. The van der Waals surface area contributed by atoms with Gasteiger partial charge in [0.05, 0.1) is 0 Å². The molecule has 0 aromatic heterocycles. The molecule has 40 valence electrons. The Kier molecular flexibility index (Phi) is 3.15. The predicted octanol–water partition coefficient (Wildman–Crippen LogP) is 2.10. The molecule has 0 unspecified atom stereocenters. The van der Waals surface area contributed by atoms with Gasteiger partial charge in [-0.05, 0) is 12.0 Å². The van der Waals surface area contributed by atoms with Crippen LogP contribution in [0, 0.1) is 0 Å². The molecule has 3 heteroatoms. The maximum absolute atomic E-state index is 7.83. The average Bonchev–Trinajstić information content (AvgIpc) is 1.68. The Morgan fingerprint density at radius 2 is 2.43 bits per heavy atom. The van der Waals surface area contributed by atoms with Crippen molar-refractivity contribution in [3.8, 4) is 0 Å². The van der Waals surface area contributed by atoms with E-state index in [-0.39, 0.29) is 6.04 Å². The molecule has 0 rings (SSSR count). The number of rotatable bonds is 2. The Hall–Kier alpha value is -0.690. The van der Waals surface area contributed by atoms with Crippen LogP contribution in [0.25, 0.3) is 10.4 Å². The summed E-state index contributed by atoms with van der Waals surface area (Å²) in [4.78, 5) is 2.63. The van der Waals surface area contributed by atoms with Gasteiger partial charge in [-0.25, -0.2) is 0 Å². The lowest BCUT2D eigenvalue weighted by Crippen LogP contribution is -1.89. The fraction of sp³-hybridized carbons (Fsp3) is 1.00. The molecule has 0 aliphatic heterocycles. The third-order valence-electron chi connectivity index (χ3n) is 0.840. The number of nitrogens with zero attached hydrogens (tertiary/aromatic N) is 3. The summed E-state index contributed by atoms with van der Waals surface area (Å²) in [6, 6.07) is 0.157. The summed E-state index contributed by atoms with van der Waals surface area (Å²) in [6.45, 7) is 3.87. The van der Waals surface area contributed by atoms with Gasteiger partial charge in [0.25, 0.3) is 0 Å². The zero-order valence-corrected chi connectivity index (χ0v) is 4.63. The van der Waals surface area contributed by atoms with Gasteiger partial charge in [-0.2, -0.15) is 0 Å². The smallest absolute Gasteiger partial charge is 0.0343 e. The topological polar surface area (TPSA) is 48.8 Å². The van der Waals surface area contributed by atoms with Crippen molar-refractivity contribution in [3.05, 3.63) is 10.4 Å². The lowest BCUT2D eigenvalue weighted by Gasteiger charge is -1.91. The standard InChI is InChI=1S/C4H9N3/c1-3-4(2)6-7-5/h4H,3H2,1-2H3/t4-/m1/s1. The molecule has 0 saturated carbocycles. The average molecular weight is 99.1 g/mol. The van der Waals surface area contributed by atoms with Crippen LogP contribution in [-0.4, -0.2) is 6.04 Å². The minimum absolute atomic E-state index is 0.157. The fourth-order valence-electron chi connectivity index (χ4n) is 0.170. The zero-order valence-electron chi connectivity index (χ0n) is 4.63. The summed E-state index contributed by atoms with van der Waals surface area (Å²) in [6.07, 6.45) is 0.921. The minimum Gasteiger partial charge on any atom is -0.0909 e. The maximum Gasteiger partial charge on any atom is 0.0343 e. The second-order valence-corrected chi connectivity index (χ2v) is 1.46. The Morgan fingerprint density at radius 3 is 2.57 bits per heavy atom. The van der Waals surface area contributed by atoms with E-state index in [2.05, 4.69) is 10.0 Å². The Labute approximate surface area is 43.0 Å². The Balaban J connectivity index is 3.35. The lowest BCUT2D eigenvalue weighted by atomic mass is 10.3. The van der Waals surface area contributed by atoms with Gasteiger partial charge in [0, 0.05) is 11.0 Å². The molecule has 0 aromatic rings. The molecule has 3 nitrogen and oxygen atoms in total. The van der Waals surface area contributed by atoms with E-state index in [4.69, 9.17) is 5.53 Å². The molecular formula is C4H9N3. The van der Waals surface area contributed by atoms with Gasteiger partial charge < -0.3 is 0 Å². The second kappa shape index (κ2) is 3.50. The zero-order chi connectivity index (χ0) is 5.70. The van der Waals surface area contributed by atoms with E-state index in [9.17, 15) is 0 Å². The second-order valence-electron chi connectivity index (χ2n) is 1.46. The minimum atomic E-state index is 0.157. The van der Waals surface area contributed by atoms with Gasteiger partial charge in [0.1, 0.15) is 0 Å². The molecular weight excluding hydrogens is 90.1 g/mol. The van der Waals surface area contributed by atoms with Crippen molar-refractivity contribution < 1.29 is 0 Å². The molecule has 7 heavy (non-hydrogen) atoms. The number of azide groups is 1. The maximum atomic E-state index is 7.83. The van der Waals surface area contributed by atoms with Crippen LogP contribution < -0.4 is 0 Å². The van der Waals surface area contributed by atoms with Crippen LogP contribution in [0.1, 0.15) is 20.3 Å². The summed E-state index contributed by atoms with van der Waals surface area (Å²) in [7, 11) is 0. The van der Waals surface area contributed by atoms with Gasteiger partial charge in [-0.3, -0.25) is 0 Å². The summed E-state index contributed by atoms with van der Waals surface area (Å²) in [5.74, 6) is 0. The third-order valence-corrected chi connectivity index (χ3v) is 0.840. The van der Waals surface area contributed by atoms with E-state index < -0.39 is 0 Å². The first-order valence-electron chi connectivity index (χ1n) is 2.35. The predicted molar refractivity (Wildman–Crippen MR) is 28.9 cm³/mol. The Bertz CT molecular complexity index is 82.9. The van der Waals surface area contributed by atoms with Crippen molar-refractivity contribution in [3.63, 3.8) is 0 Å². The number of hydrogen-bond donors (Lipinski definition) is 0. The molecule has 0 aromatic carbocycles. The molecule has 0 radical (unpaired) electrons. The first-order chi connectivity index (χ1) is 3.31. The highest BCUT2D eigenvalue weighted by Gasteiger charge is 1.87. The quantitative estimate of drug-likeness (QED) is 0.289. The van der Waals surface area contributed by atoms with E-state index >= 15 is 0 Å². The first-order valence-corrected chi connectivity index (χ1v) is 2.35. The van der Waals surface area contributed by atoms with Gasteiger partial charge >= 0.3 is 0 Å². The van der Waals surface area contributed by atoms with E-state index in [1.54, 1.807) is 0 Å². The van der Waals surface area contributed by atoms with Gasteiger partial charge in [-0.15, -0.1) is 0 Å². The first kappa shape index (κ1) is 6.31. The largest absolute Gasteiger partial charge is 0.0909 e. The Morgan fingerprint density at radius 1 is 1.86 bits per heavy atom. The van der Waals surface area contributed by atoms with Crippen molar-refractivity contribution in [2.24, 2.45) is 5.11 Å². The molecule has 0 spiro atoms. The third kappa shape index (κ3) is 3.13. The molecule has 0 aliphatic carbocycles. The van der Waals surface area contributed by atoms with Crippen LogP contribution in [0.5, 0.6) is 0 Å². The van der Waals surface area contributed by atoms with Crippen LogP contribution in [0.15, 0.2) is 5.11 Å². The van der Waals surface area contributed by atoms with E-state index in [0.29, 0.717) is 0 Å². The summed E-state index contributed by atoms with van der Waals surface area (Å²) < 4.78 is 0. The molecule has 0 bridgehead atoms. The molecule has 0 N–H and O–H groups in total. The van der Waals surface area contributed by atoms with Gasteiger partial charge in [0.2, 0.25) is 0 Å². The van der Waals surface area contributed by atoms with Crippen molar-refractivity contribution in [2.75, 3.05) is 0 Å². The van der Waals surface area contributed by atoms with Crippen LogP contribution in [0.3, 0.4) is 0 Å². The molecule has 0 heterocycles. The highest BCUT2D eigenvalue weighted by molar-refractivity contribution is 4.55. The van der Waals surface area contributed by atoms with Crippen molar-refractivity contribution in [1.29, 1.82) is 0 Å². The SMILES string of the molecule is CC[C@@H](C)N=[N+]=[N-]. The molecule has 0 saturated heterocycles. The van der Waals surface area contributed by atoms with Crippen LogP contribution in [0.4, 0.5) is 0 Å². The van der Waals surface area contributed by atoms with Crippen LogP contribution in [0.2, 0.25) is 0 Å². The van der Waals surface area contributed by atoms with Crippen molar-refractivity contribution in [2.45, 2.75) is 26.3 Å². The van der Waals surface area contributed by atoms with Gasteiger partial charge in [0.15, 0.2) is 0 Å². The van der Waals surface area contributed by atoms with Crippen LogP contribution in [-0.2, 0) is 0 Å². The normalized spacial score (nSPS) is 12.3.